The Morgan fingerprint density at radius 1 is 0.919 bits per heavy atom. The molecule has 0 aliphatic heterocycles. The molecule has 0 bridgehead atoms. The minimum Gasteiger partial charge on any atom is -0.455 e. The summed E-state index contributed by atoms with van der Waals surface area (Å²) < 4.78 is 5.97. The summed E-state index contributed by atoms with van der Waals surface area (Å²) in [6, 6.07) is 9.47. The lowest BCUT2D eigenvalue weighted by atomic mass is 9.46. The maximum absolute atomic E-state index is 12.7. The molecule has 2 nitrogen and oxygen atoms in total. The summed E-state index contributed by atoms with van der Waals surface area (Å²) in [6.45, 7) is 15.1. The fourth-order valence-electron chi connectivity index (χ4n) is 9.60. The molecule has 2 heteroatoms. The third kappa shape index (κ3) is 4.96. The zero-order valence-corrected chi connectivity index (χ0v) is 24.5. The van der Waals surface area contributed by atoms with Crippen LogP contribution in [0.5, 0.6) is 0 Å². The Morgan fingerprint density at radius 2 is 1.68 bits per heavy atom. The fraction of sp³-hybridized carbons (Fsp3) is 0.743. The van der Waals surface area contributed by atoms with Crippen molar-refractivity contribution in [2.45, 2.75) is 112 Å². The van der Waals surface area contributed by atoms with Crippen LogP contribution in [0.15, 0.2) is 42.0 Å². The van der Waals surface area contributed by atoms with Crippen LogP contribution in [-0.2, 0) is 4.74 Å². The molecule has 1 aromatic carbocycles. The van der Waals surface area contributed by atoms with Crippen molar-refractivity contribution in [2.24, 2.45) is 52.3 Å². The first-order valence-corrected chi connectivity index (χ1v) is 15.6. The van der Waals surface area contributed by atoms with Gasteiger partial charge in [-0.15, -0.1) is 0 Å². The molecule has 1 aromatic rings. The van der Waals surface area contributed by atoms with Gasteiger partial charge in [-0.05, 0) is 122 Å². The van der Waals surface area contributed by atoms with E-state index in [0.29, 0.717) is 16.4 Å². The quantitative estimate of drug-likeness (QED) is 0.273. The van der Waals surface area contributed by atoms with E-state index in [1.165, 1.54) is 57.8 Å². The number of rotatable bonds is 7. The molecule has 0 N–H and O–H groups in total. The van der Waals surface area contributed by atoms with E-state index in [1.54, 1.807) is 5.57 Å². The molecule has 0 heterocycles. The van der Waals surface area contributed by atoms with Gasteiger partial charge in [-0.3, -0.25) is 0 Å². The first kappa shape index (κ1) is 27.0. The summed E-state index contributed by atoms with van der Waals surface area (Å²) in [4.78, 5) is 12.7. The molecule has 0 aromatic heterocycles. The van der Waals surface area contributed by atoms with Crippen molar-refractivity contribution in [2.75, 3.05) is 0 Å². The second-order valence-electron chi connectivity index (χ2n) is 14.4. The van der Waals surface area contributed by atoms with E-state index in [1.807, 2.05) is 30.3 Å². The van der Waals surface area contributed by atoms with Crippen LogP contribution in [0.1, 0.15) is 116 Å². The van der Waals surface area contributed by atoms with E-state index in [0.717, 1.165) is 47.8 Å². The van der Waals surface area contributed by atoms with Gasteiger partial charge in [0.05, 0.1) is 5.56 Å². The van der Waals surface area contributed by atoms with Crippen LogP contribution < -0.4 is 0 Å². The van der Waals surface area contributed by atoms with E-state index in [4.69, 9.17) is 4.74 Å². The number of benzene rings is 1. The highest BCUT2D eigenvalue weighted by Crippen LogP contribution is 2.67. The molecule has 0 saturated heterocycles. The number of allylic oxidation sites excluding steroid dienone is 1. The predicted molar refractivity (Wildman–Crippen MR) is 153 cm³/mol. The highest BCUT2D eigenvalue weighted by atomic mass is 16.5. The number of esters is 1. The average Bonchev–Trinajstić information content (AvgIpc) is 3.25. The van der Waals surface area contributed by atoms with Crippen LogP contribution in [0, 0.1) is 52.3 Å². The number of carbonyl (C=O) groups is 1. The molecule has 0 spiro atoms. The molecule has 0 radical (unpaired) electrons. The van der Waals surface area contributed by atoms with Crippen LogP contribution in [-0.4, -0.2) is 12.1 Å². The van der Waals surface area contributed by atoms with E-state index in [2.05, 4.69) is 47.6 Å². The van der Waals surface area contributed by atoms with Crippen molar-refractivity contribution >= 4 is 5.97 Å². The summed E-state index contributed by atoms with van der Waals surface area (Å²) in [6.07, 6.45) is 15.5. The highest BCUT2D eigenvalue weighted by molar-refractivity contribution is 5.89. The van der Waals surface area contributed by atoms with E-state index in [-0.39, 0.29) is 12.1 Å². The second-order valence-corrected chi connectivity index (χ2v) is 14.4. The molecule has 7 unspecified atom stereocenters. The first-order chi connectivity index (χ1) is 17.6. The Bertz CT molecular complexity index is 978. The highest BCUT2D eigenvalue weighted by Gasteiger charge is 2.59. The Labute approximate surface area is 227 Å². The van der Waals surface area contributed by atoms with Crippen LogP contribution in [0.25, 0.3) is 0 Å². The van der Waals surface area contributed by atoms with Gasteiger partial charge in [0.15, 0.2) is 0 Å². The summed E-state index contributed by atoms with van der Waals surface area (Å²) in [5, 5.41) is 0. The monoisotopic (exact) mass is 504 g/mol. The van der Waals surface area contributed by atoms with Crippen LogP contribution in [0.3, 0.4) is 0 Å². The molecule has 3 saturated carbocycles. The lowest BCUT2D eigenvalue weighted by molar-refractivity contribution is -0.0637. The van der Waals surface area contributed by atoms with Crippen molar-refractivity contribution in [3.63, 3.8) is 0 Å². The minimum absolute atomic E-state index is 0.0638. The van der Waals surface area contributed by atoms with Gasteiger partial charge in [0.25, 0.3) is 0 Å². The summed E-state index contributed by atoms with van der Waals surface area (Å²) >= 11 is 0. The Balaban J connectivity index is 1.26. The van der Waals surface area contributed by atoms with Gasteiger partial charge in [-0.25, -0.2) is 4.79 Å². The number of carbonyl (C=O) groups excluding carboxylic acids is 1. The van der Waals surface area contributed by atoms with E-state index >= 15 is 0 Å². The molecule has 0 amide bonds. The average molecular weight is 505 g/mol. The zero-order valence-electron chi connectivity index (χ0n) is 24.5. The Morgan fingerprint density at radius 3 is 2.41 bits per heavy atom. The van der Waals surface area contributed by atoms with Gasteiger partial charge >= 0.3 is 5.97 Å². The maximum atomic E-state index is 12.7. The largest absolute Gasteiger partial charge is 0.455 e. The molecule has 3 fully saturated rings. The van der Waals surface area contributed by atoms with Gasteiger partial charge in [0, 0.05) is 0 Å². The Kier molecular flexibility index (Phi) is 7.69. The normalized spacial score (nSPS) is 38.7. The first-order valence-electron chi connectivity index (χ1n) is 15.6. The molecule has 9 atom stereocenters. The molecule has 204 valence electrons. The maximum Gasteiger partial charge on any atom is 0.338 e. The smallest absolute Gasteiger partial charge is 0.338 e. The van der Waals surface area contributed by atoms with Crippen molar-refractivity contribution in [3.8, 4) is 0 Å². The number of fused-ring (bicyclic) bond motifs is 5. The summed E-state index contributed by atoms with van der Waals surface area (Å²) in [5.41, 5.74) is 3.10. The second kappa shape index (κ2) is 10.5. The summed E-state index contributed by atoms with van der Waals surface area (Å²) in [7, 11) is 0. The fourth-order valence-corrected chi connectivity index (χ4v) is 9.60. The molecule has 4 aliphatic rings. The van der Waals surface area contributed by atoms with Crippen molar-refractivity contribution in [1.82, 2.24) is 0 Å². The number of hydrogen-bond donors (Lipinski definition) is 0. The van der Waals surface area contributed by atoms with Crippen LogP contribution in [0.2, 0.25) is 0 Å². The zero-order chi connectivity index (χ0) is 26.4. The molecule has 37 heavy (non-hydrogen) atoms. The van der Waals surface area contributed by atoms with Crippen LogP contribution in [0.4, 0.5) is 0 Å². The van der Waals surface area contributed by atoms with Crippen molar-refractivity contribution < 1.29 is 9.53 Å². The van der Waals surface area contributed by atoms with Gasteiger partial charge < -0.3 is 4.74 Å². The minimum atomic E-state index is -0.179. The SMILES string of the molecule is CC(C)[C@@H](C)CC[C@@H](C)C1CCC2C3CCC4=CC(OC(=O)c5ccccc5)CCC4(C)C3CCC21C. The third-order valence-electron chi connectivity index (χ3n) is 12.3. The standard InChI is InChI=1S/C35H52O2/c1-23(2)24(3)12-13-25(4)30-16-17-31-29-15-14-27-22-28(37-33(36)26-10-8-7-9-11-26)18-20-34(27,5)32(29)19-21-35(30,31)6/h7-11,22-25,28-32H,12-21H2,1-6H3/t24-,25+,28?,29?,30?,31?,32?,34?,35?/m0/s1. The van der Waals surface area contributed by atoms with Crippen molar-refractivity contribution in [3.05, 3.63) is 47.5 Å². The number of ether oxygens (including phenoxy) is 1. The predicted octanol–water partition coefficient (Wildman–Crippen LogP) is 9.50. The van der Waals surface area contributed by atoms with E-state index in [9.17, 15) is 4.79 Å². The van der Waals surface area contributed by atoms with Gasteiger partial charge in [0.1, 0.15) is 6.10 Å². The van der Waals surface area contributed by atoms with Crippen molar-refractivity contribution in [1.29, 1.82) is 0 Å². The lowest BCUT2D eigenvalue weighted by Crippen LogP contribution is -2.51. The van der Waals surface area contributed by atoms with Gasteiger partial charge in [-0.1, -0.05) is 78.2 Å². The lowest BCUT2D eigenvalue weighted by Gasteiger charge is -2.59. The Hall–Kier alpha value is -1.57. The topological polar surface area (TPSA) is 26.3 Å². The summed E-state index contributed by atoms with van der Waals surface area (Å²) in [5.74, 6) is 5.84. The molecule has 4 aliphatic carbocycles. The third-order valence-corrected chi connectivity index (χ3v) is 12.3. The molecular weight excluding hydrogens is 452 g/mol. The van der Waals surface area contributed by atoms with E-state index < -0.39 is 0 Å². The number of hydrogen-bond acceptors (Lipinski definition) is 2. The van der Waals surface area contributed by atoms with Gasteiger partial charge in [0.2, 0.25) is 0 Å². The van der Waals surface area contributed by atoms with Crippen LogP contribution >= 0.6 is 0 Å². The molecular formula is C35H52O2. The van der Waals surface area contributed by atoms with Gasteiger partial charge in [-0.2, -0.15) is 0 Å². The molecule has 5 rings (SSSR count).